The monoisotopic (exact) mass is 302 g/mol. The van der Waals surface area contributed by atoms with Gasteiger partial charge in [-0.05, 0) is 18.4 Å². The smallest absolute Gasteiger partial charge is 0.163 e. The third-order valence-corrected chi connectivity index (χ3v) is 4.19. The molecule has 3 rings (SSSR count). The molecule has 0 spiro atoms. The summed E-state index contributed by atoms with van der Waals surface area (Å²) in [5.41, 5.74) is 0.536. The molecule has 1 atom stereocenters. The number of hydrogen-bond donors (Lipinski definition) is 1. The summed E-state index contributed by atoms with van der Waals surface area (Å²) in [4.78, 5) is 2.30. The molecule has 0 unspecified atom stereocenters. The average Bonchev–Trinajstić information content (AvgIpc) is 3.25. The van der Waals surface area contributed by atoms with Crippen LogP contribution in [0.5, 0.6) is 0 Å². The Morgan fingerprint density at radius 3 is 2.55 bits per heavy atom. The fraction of sp³-hybridized carbons (Fsp3) is 0.600. The van der Waals surface area contributed by atoms with Crippen LogP contribution in [0.2, 0.25) is 0 Å². The van der Waals surface area contributed by atoms with Crippen LogP contribution in [0.15, 0.2) is 18.2 Å². The third kappa shape index (κ3) is 3.48. The summed E-state index contributed by atoms with van der Waals surface area (Å²) in [5, 5.41) is 3.31. The van der Waals surface area contributed by atoms with E-state index < -0.39 is 11.6 Å². The van der Waals surface area contributed by atoms with Crippen molar-refractivity contribution in [2.24, 2.45) is 5.92 Å². The van der Waals surface area contributed by atoms with E-state index in [1.807, 2.05) is 0 Å². The molecule has 0 bridgehead atoms. The molecule has 5 heteroatoms. The van der Waals surface area contributed by atoms with Gasteiger partial charge in [0.05, 0.1) is 0 Å². The molecule has 0 aromatic heterocycles. The zero-order valence-electron chi connectivity index (χ0n) is 11.4. The number of benzene rings is 1. The highest BCUT2D eigenvalue weighted by atomic mass is 35.5. The molecule has 1 saturated heterocycles. The lowest BCUT2D eigenvalue weighted by atomic mass is 9.98. The van der Waals surface area contributed by atoms with Gasteiger partial charge in [-0.25, -0.2) is 8.78 Å². The van der Waals surface area contributed by atoms with Gasteiger partial charge in [0.15, 0.2) is 11.6 Å². The van der Waals surface area contributed by atoms with Gasteiger partial charge in [-0.15, -0.1) is 12.4 Å². The molecule has 20 heavy (non-hydrogen) atoms. The lowest BCUT2D eigenvalue weighted by Crippen LogP contribution is -2.45. The molecule has 1 aromatic rings. The van der Waals surface area contributed by atoms with Crippen LogP contribution in [0.25, 0.3) is 0 Å². The molecule has 112 valence electrons. The van der Waals surface area contributed by atoms with Gasteiger partial charge in [-0.3, -0.25) is 4.90 Å². The first kappa shape index (κ1) is 15.7. The van der Waals surface area contributed by atoms with Crippen molar-refractivity contribution in [3.05, 3.63) is 35.4 Å². The predicted octanol–water partition coefficient (Wildman–Crippen LogP) is 3.13. The average molecular weight is 303 g/mol. The molecule has 1 saturated carbocycles. The van der Waals surface area contributed by atoms with Gasteiger partial charge in [0, 0.05) is 37.8 Å². The third-order valence-electron chi connectivity index (χ3n) is 4.19. The Bertz CT molecular complexity index is 445. The Kier molecular flexibility index (Phi) is 5.35. The van der Waals surface area contributed by atoms with Crippen LogP contribution in [0.4, 0.5) is 8.78 Å². The van der Waals surface area contributed by atoms with E-state index in [1.165, 1.54) is 18.9 Å². The fourth-order valence-corrected chi connectivity index (χ4v) is 2.91. The topological polar surface area (TPSA) is 15.3 Å². The molecule has 1 N–H and O–H groups in total. The molecule has 0 radical (unpaired) electrons. The molecule has 1 heterocycles. The predicted molar refractivity (Wildman–Crippen MR) is 78.1 cm³/mol. The highest BCUT2D eigenvalue weighted by Crippen LogP contribution is 2.40. The summed E-state index contributed by atoms with van der Waals surface area (Å²) in [5.74, 6) is -0.692. The summed E-state index contributed by atoms with van der Waals surface area (Å²) in [6.07, 6.45) is 3.43. The first-order valence-electron chi connectivity index (χ1n) is 7.14. The molecule has 2 fully saturated rings. The Labute approximate surface area is 124 Å². The number of halogens is 3. The van der Waals surface area contributed by atoms with Crippen LogP contribution in [-0.4, -0.2) is 31.1 Å². The van der Waals surface area contributed by atoms with E-state index in [1.54, 1.807) is 12.1 Å². The van der Waals surface area contributed by atoms with Crippen molar-refractivity contribution < 1.29 is 8.78 Å². The van der Waals surface area contributed by atoms with Gasteiger partial charge < -0.3 is 5.32 Å². The van der Waals surface area contributed by atoms with Crippen LogP contribution in [-0.2, 0) is 0 Å². The van der Waals surface area contributed by atoms with Crippen LogP contribution in [0.3, 0.4) is 0 Å². The van der Waals surface area contributed by atoms with Crippen molar-refractivity contribution in [3.63, 3.8) is 0 Å². The van der Waals surface area contributed by atoms with E-state index in [0.717, 1.165) is 32.6 Å². The van der Waals surface area contributed by atoms with Crippen molar-refractivity contribution >= 4 is 12.4 Å². The van der Waals surface area contributed by atoms with E-state index in [0.29, 0.717) is 11.5 Å². The number of piperazine rings is 1. The summed E-state index contributed by atoms with van der Waals surface area (Å²) in [6.45, 7) is 3.68. The van der Waals surface area contributed by atoms with Crippen molar-refractivity contribution in [3.8, 4) is 0 Å². The Morgan fingerprint density at radius 2 is 1.90 bits per heavy atom. The molecule has 1 aromatic carbocycles. The molecule has 2 nitrogen and oxygen atoms in total. The molecular formula is C15H21ClF2N2. The van der Waals surface area contributed by atoms with Crippen LogP contribution >= 0.6 is 12.4 Å². The van der Waals surface area contributed by atoms with E-state index in [-0.39, 0.29) is 18.4 Å². The van der Waals surface area contributed by atoms with Gasteiger partial charge in [0.1, 0.15) is 0 Å². The van der Waals surface area contributed by atoms with E-state index in [4.69, 9.17) is 0 Å². The largest absolute Gasteiger partial charge is 0.314 e. The molecule has 0 amide bonds. The summed E-state index contributed by atoms with van der Waals surface area (Å²) < 4.78 is 27.5. The lowest BCUT2D eigenvalue weighted by molar-refractivity contribution is 0.156. The zero-order valence-corrected chi connectivity index (χ0v) is 12.3. The minimum atomic E-state index is -0.728. The van der Waals surface area contributed by atoms with Crippen molar-refractivity contribution in [2.45, 2.75) is 25.3 Å². The zero-order chi connectivity index (χ0) is 13.2. The quantitative estimate of drug-likeness (QED) is 0.919. The summed E-state index contributed by atoms with van der Waals surface area (Å²) >= 11 is 0. The van der Waals surface area contributed by atoms with Crippen molar-refractivity contribution in [1.29, 1.82) is 0 Å². The van der Waals surface area contributed by atoms with Crippen LogP contribution in [0.1, 0.15) is 30.9 Å². The van der Waals surface area contributed by atoms with Crippen LogP contribution < -0.4 is 5.32 Å². The highest BCUT2D eigenvalue weighted by Gasteiger charge is 2.32. The number of rotatable bonds is 4. The first-order chi connectivity index (χ1) is 9.25. The van der Waals surface area contributed by atoms with Gasteiger partial charge in [0.25, 0.3) is 0 Å². The Morgan fingerprint density at radius 1 is 1.20 bits per heavy atom. The van der Waals surface area contributed by atoms with E-state index in [2.05, 4.69) is 10.2 Å². The van der Waals surface area contributed by atoms with Crippen LogP contribution in [0, 0.1) is 17.6 Å². The summed E-state index contributed by atoms with van der Waals surface area (Å²) in [7, 11) is 0. The number of nitrogens with one attached hydrogen (secondary N) is 1. The molecular weight excluding hydrogens is 282 g/mol. The minimum Gasteiger partial charge on any atom is -0.314 e. The number of hydrogen-bond acceptors (Lipinski definition) is 2. The standard InChI is InChI=1S/C15H20F2N2.ClH/c16-13-3-1-2-12(15(13)17)14(10-11-4-5-11)19-8-6-18-7-9-19;/h1-3,11,14,18H,4-10H2;1H/t14-;/m0./s1. The maximum absolute atomic E-state index is 14.1. The normalized spacial score (nSPS) is 21.3. The molecule has 2 aliphatic rings. The van der Waals surface area contributed by atoms with Gasteiger partial charge in [-0.1, -0.05) is 25.0 Å². The second-order valence-electron chi connectivity index (χ2n) is 5.62. The fourth-order valence-electron chi connectivity index (χ4n) is 2.91. The van der Waals surface area contributed by atoms with Gasteiger partial charge in [-0.2, -0.15) is 0 Å². The van der Waals surface area contributed by atoms with Crippen molar-refractivity contribution in [1.82, 2.24) is 10.2 Å². The first-order valence-corrected chi connectivity index (χ1v) is 7.14. The number of nitrogens with zero attached hydrogens (tertiary/aromatic N) is 1. The molecule has 1 aliphatic heterocycles. The second-order valence-corrected chi connectivity index (χ2v) is 5.62. The van der Waals surface area contributed by atoms with E-state index in [9.17, 15) is 8.78 Å². The van der Waals surface area contributed by atoms with Gasteiger partial charge >= 0.3 is 0 Å². The SMILES string of the molecule is Cl.Fc1cccc([C@H](CC2CC2)N2CCNCC2)c1F. The Balaban J connectivity index is 0.00000147. The molecule has 1 aliphatic carbocycles. The maximum Gasteiger partial charge on any atom is 0.163 e. The van der Waals surface area contributed by atoms with E-state index >= 15 is 0 Å². The van der Waals surface area contributed by atoms with Gasteiger partial charge in [0.2, 0.25) is 0 Å². The highest BCUT2D eigenvalue weighted by molar-refractivity contribution is 5.85. The second kappa shape index (κ2) is 6.83. The summed E-state index contributed by atoms with van der Waals surface area (Å²) in [6, 6.07) is 4.60. The Hall–Kier alpha value is -0.710. The maximum atomic E-state index is 14.1. The van der Waals surface area contributed by atoms with Crippen molar-refractivity contribution in [2.75, 3.05) is 26.2 Å². The lowest BCUT2D eigenvalue weighted by Gasteiger charge is -2.35. The minimum absolute atomic E-state index is 0.